The van der Waals surface area contributed by atoms with Crippen molar-refractivity contribution in [1.29, 1.82) is 5.26 Å². The summed E-state index contributed by atoms with van der Waals surface area (Å²) in [5, 5.41) is 18.8. The van der Waals surface area contributed by atoms with Gasteiger partial charge in [0, 0.05) is 18.9 Å². The van der Waals surface area contributed by atoms with Crippen molar-refractivity contribution in [3.63, 3.8) is 0 Å². The highest BCUT2D eigenvalue weighted by Crippen LogP contribution is 2.43. The molecule has 0 spiro atoms. The van der Waals surface area contributed by atoms with Gasteiger partial charge in [0.15, 0.2) is 0 Å². The zero-order chi connectivity index (χ0) is 20.5. The lowest BCUT2D eigenvalue weighted by atomic mass is 9.73. The average Bonchev–Trinajstić information content (AvgIpc) is 2.75. The summed E-state index contributed by atoms with van der Waals surface area (Å²) < 4.78 is 0. The maximum atomic E-state index is 12.5. The second-order valence-electron chi connectivity index (χ2n) is 7.58. The molecular formula is C23H23N3O3. The van der Waals surface area contributed by atoms with Crippen molar-refractivity contribution in [1.82, 2.24) is 9.80 Å². The van der Waals surface area contributed by atoms with Crippen LogP contribution in [0.2, 0.25) is 0 Å². The molecule has 2 saturated heterocycles. The van der Waals surface area contributed by atoms with Gasteiger partial charge in [-0.05, 0) is 28.8 Å². The Morgan fingerprint density at radius 1 is 1.14 bits per heavy atom. The Balaban J connectivity index is 1.57. The summed E-state index contributed by atoms with van der Waals surface area (Å²) >= 11 is 0. The second-order valence-corrected chi connectivity index (χ2v) is 7.58. The monoisotopic (exact) mass is 389 g/mol. The molecule has 0 aromatic heterocycles. The van der Waals surface area contributed by atoms with Crippen molar-refractivity contribution < 1.29 is 14.7 Å². The molecule has 3 atom stereocenters. The normalized spacial score (nSPS) is 23.2. The third kappa shape index (κ3) is 3.28. The molecule has 6 nitrogen and oxygen atoms in total. The van der Waals surface area contributed by atoms with Gasteiger partial charge in [-0.3, -0.25) is 9.59 Å². The summed E-state index contributed by atoms with van der Waals surface area (Å²) in [7, 11) is 0. The maximum Gasteiger partial charge on any atom is 0.242 e. The molecule has 0 bridgehead atoms. The molecule has 29 heavy (non-hydrogen) atoms. The summed E-state index contributed by atoms with van der Waals surface area (Å²) in [5.74, 6) is -0.0978. The van der Waals surface area contributed by atoms with E-state index in [1.54, 1.807) is 28.9 Å². The van der Waals surface area contributed by atoms with E-state index in [2.05, 4.69) is 6.07 Å². The number of piperazine rings is 1. The number of carbonyl (C=O) groups excluding carboxylic acids is 2. The predicted molar refractivity (Wildman–Crippen MR) is 108 cm³/mol. The number of aliphatic hydroxyl groups excluding tert-OH is 1. The number of rotatable bonds is 4. The molecule has 2 fully saturated rings. The topological polar surface area (TPSA) is 84.6 Å². The van der Waals surface area contributed by atoms with Crippen LogP contribution in [0.25, 0.3) is 11.1 Å². The summed E-state index contributed by atoms with van der Waals surface area (Å²) in [6.07, 6.45) is 0.382. The quantitative estimate of drug-likeness (QED) is 0.868. The van der Waals surface area contributed by atoms with E-state index in [9.17, 15) is 14.7 Å². The third-order valence-electron chi connectivity index (χ3n) is 6.05. The fourth-order valence-electron chi connectivity index (χ4n) is 4.55. The van der Waals surface area contributed by atoms with E-state index in [1.165, 1.54) is 0 Å². The second kappa shape index (κ2) is 7.69. The van der Waals surface area contributed by atoms with Gasteiger partial charge in [0.2, 0.25) is 11.8 Å². The highest BCUT2D eigenvalue weighted by atomic mass is 16.3. The van der Waals surface area contributed by atoms with Crippen LogP contribution >= 0.6 is 0 Å². The smallest absolute Gasteiger partial charge is 0.242 e. The lowest BCUT2D eigenvalue weighted by Gasteiger charge is -2.58. The van der Waals surface area contributed by atoms with E-state index in [4.69, 9.17) is 5.26 Å². The number of aliphatic hydroxyl groups is 1. The van der Waals surface area contributed by atoms with E-state index in [-0.39, 0.29) is 43.0 Å². The molecule has 0 aliphatic carbocycles. The lowest BCUT2D eigenvalue weighted by Crippen LogP contribution is -2.73. The van der Waals surface area contributed by atoms with Crippen LogP contribution in [0.5, 0.6) is 0 Å². The van der Waals surface area contributed by atoms with Crippen molar-refractivity contribution in [2.75, 3.05) is 19.7 Å². The summed E-state index contributed by atoms with van der Waals surface area (Å²) in [5.41, 5.74) is 3.75. The molecule has 6 heteroatoms. The number of nitriles is 1. The number of amides is 2. The van der Waals surface area contributed by atoms with Gasteiger partial charge in [-0.25, -0.2) is 0 Å². The van der Waals surface area contributed by atoms with Gasteiger partial charge in [0.25, 0.3) is 0 Å². The molecule has 2 aromatic carbocycles. The van der Waals surface area contributed by atoms with Gasteiger partial charge in [-0.1, -0.05) is 43.3 Å². The first kappa shape index (κ1) is 19.2. The Hall–Kier alpha value is -3.17. The molecule has 148 valence electrons. The van der Waals surface area contributed by atoms with Gasteiger partial charge in [0.05, 0.1) is 36.9 Å². The van der Waals surface area contributed by atoms with Crippen molar-refractivity contribution in [2.24, 2.45) is 0 Å². The zero-order valence-electron chi connectivity index (χ0n) is 16.3. The van der Waals surface area contributed by atoms with E-state index < -0.39 is 0 Å². The third-order valence-corrected chi connectivity index (χ3v) is 6.05. The number of fused-ring (bicyclic) bond motifs is 1. The zero-order valence-corrected chi connectivity index (χ0v) is 16.3. The maximum absolute atomic E-state index is 12.5. The Kier molecular flexibility index (Phi) is 5.08. The first-order chi connectivity index (χ1) is 14.1. The van der Waals surface area contributed by atoms with Crippen molar-refractivity contribution in [2.45, 2.75) is 31.3 Å². The van der Waals surface area contributed by atoms with Gasteiger partial charge in [-0.2, -0.15) is 5.26 Å². The number of carbonyl (C=O) groups is 2. The first-order valence-corrected chi connectivity index (χ1v) is 9.87. The largest absolute Gasteiger partial charge is 0.394 e. The van der Waals surface area contributed by atoms with E-state index >= 15 is 0 Å². The fourth-order valence-corrected chi connectivity index (χ4v) is 4.55. The Morgan fingerprint density at radius 3 is 2.31 bits per heavy atom. The minimum Gasteiger partial charge on any atom is -0.394 e. The number of nitrogens with zero attached hydrogens (tertiary/aromatic N) is 3. The molecule has 4 rings (SSSR count). The predicted octanol–water partition coefficient (Wildman–Crippen LogP) is 2.13. The molecular weight excluding hydrogens is 366 g/mol. The standard InChI is InChI=1S/C23H23N3O3/c1-2-21(28)25-12-19-23(20(14-27)26(19)22(29)13-25)18-9-7-17(8-10-18)16-5-3-15(11-24)4-6-16/h3-10,19-20,23,27H,2,12-14H2,1H3/t19-,20+,23+/m1/s1. The molecule has 1 N–H and O–H groups in total. The fraction of sp³-hybridized carbons (Fsp3) is 0.348. The summed E-state index contributed by atoms with van der Waals surface area (Å²) in [4.78, 5) is 28.0. The van der Waals surface area contributed by atoms with E-state index in [1.807, 2.05) is 36.4 Å². The van der Waals surface area contributed by atoms with Crippen molar-refractivity contribution >= 4 is 11.8 Å². The van der Waals surface area contributed by atoms with Crippen LogP contribution < -0.4 is 0 Å². The van der Waals surface area contributed by atoms with Crippen molar-refractivity contribution in [3.05, 3.63) is 59.7 Å². The highest BCUT2D eigenvalue weighted by molar-refractivity contribution is 5.87. The average molecular weight is 389 g/mol. The number of hydrogen-bond acceptors (Lipinski definition) is 4. The SMILES string of the molecule is CCC(=O)N1CC(=O)N2[C@H](C1)[C@H](c1ccc(-c3ccc(C#N)cc3)cc1)[C@@H]2CO. The molecule has 2 aliphatic rings. The Labute approximate surface area is 170 Å². The van der Waals surface area contributed by atoms with Gasteiger partial charge < -0.3 is 14.9 Å². The van der Waals surface area contributed by atoms with Crippen LogP contribution in [0, 0.1) is 11.3 Å². The minimum absolute atomic E-state index is 0.00595. The molecule has 2 amide bonds. The van der Waals surface area contributed by atoms with Crippen LogP contribution in [0.4, 0.5) is 0 Å². The number of benzene rings is 2. The number of hydrogen-bond donors (Lipinski definition) is 1. The summed E-state index contributed by atoms with van der Waals surface area (Å²) in [6.45, 7) is 2.32. The van der Waals surface area contributed by atoms with E-state index in [0.717, 1.165) is 16.7 Å². The Morgan fingerprint density at radius 2 is 1.76 bits per heavy atom. The molecule has 0 saturated carbocycles. The highest BCUT2D eigenvalue weighted by Gasteiger charge is 2.54. The van der Waals surface area contributed by atoms with Crippen LogP contribution in [-0.4, -0.2) is 58.5 Å². The van der Waals surface area contributed by atoms with Gasteiger partial charge in [0.1, 0.15) is 0 Å². The Bertz CT molecular complexity index is 962. The van der Waals surface area contributed by atoms with Crippen LogP contribution in [0.3, 0.4) is 0 Å². The van der Waals surface area contributed by atoms with E-state index in [0.29, 0.717) is 18.5 Å². The molecule has 2 aromatic rings. The molecule has 2 aliphatic heterocycles. The van der Waals surface area contributed by atoms with Crippen LogP contribution in [0.1, 0.15) is 30.4 Å². The van der Waals surface area contributed by atoms with Crippen LogP contribution in [-0.2, 0) is 9.59 Å². The van der Waals surface area contributed by atoms with Gasteiger partial charge in [-0.15, -0.1) is 0 Å². The minimum atomic E-state index is -0.243. The molecule has 0 unspecified atom stereocenters. The molecule has 2 heterocycles. The van der Waals surface area contributed by atoms with Crippen molar-refractivity contribution in [3.8, 4) is 17.2 Å². The van der Waals surface area contributed by atoms with Gasteiger partial charge >= 0.3 is 0 Å². The molecule has 0 radical (unpaired) electrons. The summed E-state index contributed by atoms with van der Waals surface area (Å²) in [6, 6.07) is 17.3. The van der Waals surface area contributed by atoms with Crippen LogP contribution in [0.15, 0.2) is 48.5 Å². The lowest BCUT2D eigenvalue weighted by molar-refractivity contribution is -0.166. The first-order valence-electron chi connectivity index (χ1n) is 9.87.